The topological polar surface area (TPSA) is 73.8 Å². The van der Waals surface area contributed by atoms with E-state index in [2.05, 4.69) is 20.5 Å². The van der Waals surface area contributed by atoms with Gasteiger partial charge in [-0.3, -0.25) is 9.89 Å². The highest BCUT2D eigenvalue weighted by atomic mass is 32.2. The molecular weight excluding hydrogens is 343 g/mol. The van der Waals surface area contributed by atoms with Crippen LogP contribution in [0.15, 0.2) is 29.3 Å². The van der Waals surface area contributed by atoms with Crippen molar-refractivity contribution in [3.05, 3.63) is 35.6 Å². The minimum atomic E-state index is -2.83. The molecule has 0 radical (unpaired) electrons. The number of benzene rings is 1. The first kappa shape index (κ1) is 19.7. The van der Waals surface area contributed by atoms with Crippen LogP contribution in [0, 0.1) is 5.82 Å². The van der Waals surface area contributed by atoms with Crippen molar-refractivity contribution in [1.82, 2.24) is 15.5 Å². The van der Waals surface area contributed by atoms with E-state index in [1.807, 2.05) is 6.92 Å². The fraction of sp³-hybridized carbons (Fsp3) is 0.588. The van der Waals surface area contributed by atoms with Crippen LogP contribution in [-0.4, -0.2) is 70.1 Å². The van der Waals surface area contributed by atoms with Crippen LogP contribution in [0.1, 0.15) is 12.5 Å². The molecule has 1 aromatic rings. The lowest BCUT2D eigenvalue weighted by atomic mass is 10.1. The molecule has 1 aliphatic rings. The molecule has 25 heavy (non-hydrogen) atoms. The van der Waals surface area contributed by atoms with Gasteiger partial charge in [0.1, 0.15) is 5.82 Å². The Labute approximate surface area is 149 Å². The van der Waals surface area contributed by atoms with E-state index in [0.717, 1.165) is 31.0 Å². The number of sulfone groups is 1. The summed E-state index contributed by atoms with van der Waals surface area (Å²) in [4.78, 5) is 6.66. The number of nitrogens with zero attached hydrogens (tertiary/aromatic N) is 2. The molecule has 2 rings (SSSR count). The fourth-order valence-electron chi connectivity index (χ4n) is 2.60. The van der Waals surface area contributed by atoms with Crippen LogP contribution in [0.3, 0.4) is 0 Å². The minimum absolute atomic E-state index is 0.225. The van der Waals surface area contributed by atoms with Crippen LogP contribution in [0.5, 0.6) is 0 Å². The van der Waals surface area contributed by atoms with E-state index in [4.69, 9.17) is 0 Å². The van der Waals surface area contributed by atoms with Gasteiger partial charge in [0, 0.05) is 32.7 Å². The van der Waals surface area contributed by atoms with Crippen LogP contribution in [0.2, 0.25) is 0 Å². The van der Waals surface area contributed by atoms with Crippen molar-refractivity contribution in [2.45, 2.75) is 13.3 Å². The summed E-state index contributed by atoms with van der Waals surface area (Å²) in [5.74, 6) is 1.01. The summed E-state index contributed by atoms with van der Waals surface area (Å²) in [6, 6.07) is 6.50. The Balaban J connectivity index is 1.73. The van der Waals surface area contributed by atoms with E-state index in [1.165, 1.54) is 12.1 Å². The predicted molar refractivity (Wildman–Crippen MR) is 99.2 cm³/mol. The van der Waals surface area contributed by atoms with Gasteiger partial charge in [0.2, 0.25) is 0 Å². The molecule has 1 fully saturated rings. The number of hydrogen-bond acceptors (Lipinski definition) is 4. The average molecular weight is 370 g/mol. The third-order valence-corrected chi connectivity index (χ3v) is 5.70. The first-order valence-corrected chi connectivity index (χ1v) is 10.5. The Morgan fingerprint density at radius 3 is 2.52 bits per heavy atom. The van der Waals surface area contributed by atoms with Crippen LogP contribution in [0.4, 0.5) is 4.39 Å². The zero-order valence-corrected chi connectivity index (χ0v) is 15.5. The minimum Gasteiger partial charge on any atom is -0.357 e. The van der Waals surface area contributed by atoms with E-state index in [-0.39, 0.29) is 17.3 Å². The molecule has 140 valence electrons. The first-order chi connectivity index (χ1) is 12.0. The number of hydrogen-bond donors (Lipinski definition) is 2. The van der Waals surface area contributed by atoms with Crippen molar-refractivity contribution in [3.63, 3.8) is 0 Å². The molecule has 1 heterocycles. The van der Waals surface area contributed by atoms with E-state index in [9.17, 15) is 12.8 Å². The Bertz CT molecular complexity index is 648. The maximum atomic E-state index is 12.9. The van der Waals surface area contributed by atoms with E-state index in [1.54, 1.807) is 12.1 Å². The third-order valence-electron chi connectivity index (χ3n) is 4.09. The van der Waals surface area contributed by atoms with Gasteiger partial charge in [-0.05, 0) is 31.0 Å². The zero-order valence-electron chi connectivity index (χ0n) is 14.7. The molecule has 1 aliphatic heterocycles. The van der Waals surface area contributed by atoms with Crippen LogP contribution in [0.25, 0.3) is 0 Å². The summed E-state index contributed by atoms with van der Waals surface area (Å²) in [5.41, 5.74) is 1.07. The highest BCUT2D eigenvalue weighted by molar-refractivity contribution is 7.91. The number of aliphatic imine (C=N–C) groups is 1. The molecule has 0 saturated carbocycles. The number of nitrogens with one attached hydrogen (secondary N) is 2. The van der Waals surface area contributed by atoms with E-state index < -0.39 is 9.84 Å². The van der Waals surface area contributed by atoms with Gasteiger partial charge in [0.05, 0.1) is 18.1 Å². The Morgan fingerprint density at radius 1 is 1.20 bits per heavy atom. The zero-order chi connectivity index (χ0) is 18.1. The summed E-state index contributed by atoms with van der Waals surface area (Å²) in [6.45, 7) is 6.03. The molecule has 0 unspecified atom stereocenters. The monoisotopic (exact) mass is 370 g/mol. The van der Waals surface area contributed by atoms with Gasteiger partial charge in [-0.25, -0.2) is 12.8 Å². The summed E-state index contributed by atoms with van der Waals surface area (Å²) >= 11 is 0. The lowest BCUT2D eigenvalue weighted by molar-refractivity contribution is 0.304. The van der Waals surface area contributed by atoms with Crippen molar-refractivity contribution in [2.24, 2.45) is 4.99 Å². The highest BCUT2D eigenvalue weighted by Gasteiger charge is 2.20. The molecule has 1 saturated heterocycles. The third kappa shape index (κ3) is 7.39. The Kier molecular flexibility index (Phi) is 7.64. The van der Waals surface area contributed by atoms with Crippen molar-refractivity contribution in [2.75, 3.05) is 50.8 Å². The van der Waals surface area contributed by atoms with Gasteiger partial charge in [-0.2, -0.15) is 0 Å². The second-order valence-electron chi connectivity index (χ2n) is 6.06. The molecule has 0 bridgehead atoms. The molecule has 8 heteroatoms. The maximum Gasteiger partial charge on any atom is 0.191 e. The predicted octanol–water partition coefficient (Wildman–Crippen LogP) is 0.654. The molecule has 0 atom stereocenters. The molecule has 0 aliphatic carbocycles. The van der Waals surface area contributed by atoms with E-state index >= 15 is 0 Å². The van der Waals surface area contributed by atoms with Crippen molar-refractivity contribution in [3.8, 4) is 0 Å². The molecule has 1 aromatic carbocycles. The molecule has 0 amide bonds. The summed E-state index contributed by atoms with van der Waals surface area (Å²) < 4.78 is 35.7. The molecule has 6 nitrogen and oxygen atoms in total. The SMILES string of the molecule is CCNC(=NCCN1CCS(=O)(=O)CC1)NCCc1ccc(F)cc1. The molecule has 0 spiro atoms. The van der Waals surface area contributed by atoms with Crippen LogP contribution < -0.4 is 10.6 Å². The molecule has 0 aromatic heterocycles. The quantitative estimate of drug-likeness (QED) is 0.545. The largest absolute Gasteiger partial charge is 0.357 e. The average Bonchev–Trinajstić information content (AvgIpc) is 2.58. The highest BCUT2D eigenvalue weighted by Crippen LogP contribution is 2.03. The maximum absolute atomic E-state index is 12.9. The number of rotatable bonds is 7. The van der Waals surface area contributed by atoms with E-state index in [0.29, 0.717) is 26.2 Å². The molecular formula is C17H27FN4O2S. The second-order valence-corrected chi connectivity index (χ2v) is 8.36. The van der Waals surface area contributed by atoms with Crippen LogP contribution >= 0.6 is 0 Å². The fourth-order valence-corrected chi connectivity index (χ4v) is 3.87. The first-order valence-electron chi connectivity index (χ1n) is 8.68. The molecule has 2 N–H and O–H groups in total. The summed E-state index contributed by atoms with van der Waals surface area (Å²) in [6.07, 6.45) is 0.786. The van der Waals surface area contributed by atoms with Gasteiger partial charge in [0.15, 0.2) is 15.8 Å². The lowest BCUT2D eigenvalue weighted by Gasteiger charge is -2.25. The lowest BCUT2D eigenvalue weighted by Crippen LogP contribution is -2.42. The normalized spacial score (nSPS) is 18.1. The van der Waals surface area contributed by atoms with Gasteiger partial charge >= 0.3 is 0 Å². The van der Waals surface area contributed by atoms with Crippen molar-refractivity contribution < 1.29 is 12.8 Å². The smallest absolute Gasteiger partial charge is 0.191 e. The second kappa shape index (κ2) is 9.72. The Hall–Kier alpha value is -1.67. The summed E-state index contributed by atoms with van der Waals surface area (Å²) in [5, 5.41) is 6.46. The summed E-state index contributed by atoms with van der Waals surface area (Å²) in [7, 11) is -2.83. The van der Waals surface area contributed by atoms with Gasteiger partial charge in [-0.1, -0.05) is 12.1 Å². The van der Waals surface area contributed by atoms with Crippen LogP contribution in [-0.2, 0) is 16.3 Å². The number of halogens is 1. The Morgan fingerprint density at radius 2 is 1.88 bits per heavy atom. The standard InChI is InChI=1S/C17H27FN4O2S/c1-2-19-17(20-8-7-15-3-5-16(18)6-4-15)21-9-10-22-11-13-25(23,24)14-12-22/h3-6H,2,7-14H2,1H3,(H2,19,20,21). The van der Waals surface area contributed by atoms with Gasteiger partial charge < -0.3 is 10.6 Å². The van der Waals surface area contributed by atoms with Crippen molar-refractivity contribution >= 4 is 15.8 Å². The van der Waals surface area contributed by atoms with Crippen molar-refractivity contribution in [1.29, 1.82) is 0 Å². The van der Waals surface area contributed by atoms with Gasteiger partial charge in [0.25, 0.3) is 0 Å². The van der Waals surface area contributed by atoms with Gasteiger partial charge in [-0.15, -0.1) is 0 Å². The number of guanidine groups is 1.